The maximum atomic E-state index is 12.9. The molecule has 2 heterocycles. The Kier molecular flexibility index (Phi) is 3.69. The Bertz CT molecular complexity index is 476. The summed E-state index contributed by atoms with van der Waals surface area (Å²) >= 11 is 0. The lowest BCUT2D eigenvalue weighted by atomic mass is 10.0. The second-order valence-corrected chi connectivity index (χ2v) is 4.54. The molecule has 0 bridgehead atoms. The molecule has 1 aromatic rings. The molecule has 1 aromatic heterocycles. The summed E-state index contributed by atoms with van der Waals surface area (Å²) < 4.78 is 12.9. The van der Waals surface area contributed by atoms with Gasteiger partial charge in [-0.1, -0.05) is 13.3 Å². The van der Waals surface area contributed by atoms with Crippen LogP contribution in [-0.4, -0.2) is 28.2 Å². The molecule has 5 heteroatoms. The predicted octanol–water partition coefficient (Wildman–Crippen LogP) is 2.01. The van der Waals surface area contributed by atoms with Gasteiger partial charge in [-0.05, 0) is 18.4 Å². The molecule has 0 spiro atoms. The quantitative estimate of drug-likeness (QED) is 0.609. The summed E-state index contributed by atoms with van der Waals surface area (Å²) in [6.45, 7) is 2.49. The van der Waals surface area contributed by atoms with Gasteiger partial charge in [0.15, 0.2) is 0 Å². The highest BCUT2D eigenvalue weighted by Crippen LogP contribution is 2.23. The molecule has 0 N–H and O–H groups in total. The molecule has 2 rings (SSSR count). The first kappa shape index (κ1) is 12.7. The van der Waals surface area contributed by atoms with Crippen LogP contribution in [0.1, 0.15) is 36.5 Å². The third kappa shape index (κ3) is 2.55. The van der Waals surface area contributed by atoms with Crippen molar-refractivity contribution in [1.29, 1.82) is 0 Å². The van der Waals surface area contributed by atoms with Crippen molar-refractivity contribution in [2.45, 2.75) is 26.2 Å². The minimum Gasteiger partial charge on any atom is -0.278 e. The molecule has 0 saturated carbocycles. The topological polar surface area (TPSA) is 50.3 Å². The number of hydrogen-bond donors (Lipinski definition) is 0. The Hall–Kier alpha value is -1.78. The number of likely N-dealkylation sites (tertiary alicyclic amines) is 1. The largest absolute Gasteiger partial charge is 0.278 e. The number of hydrogen-bond acceptors (Lipinski definition) is 3. The zero-order chi connectivity index (χ0) is 13.1. The van der Waals surface area contributed by atoms with Crippen LogP contribution in [0.15, 0.2) is 18.3 Å². The molecule has 1 saturated heterocycles. The summed E-state index contributed by atoms with van der Waals surface area (Å²) in [7, 11) is 0. The Morgan fingerprint density at radius 1 is 1.61 bits per heavy atom. The van der Waals surface area contributed by atoms with Gasteiger partial charge < -0.3 is 0 Å². The van der Waals surface area contributed by atoms with Crippen LogP contribution in [0.4, 0.5) is 4.39 Å². The molecule has 4 nitrogen and oxygen atoms in total. The summed E-state index contributed by atoms with van der Waals surface area (Å²) in [6, 6.07) is 2.48. The van der Waals surface area contributed by atoms with Crippen LogP contribution in [-0.2, 0) is 4.79 Å². The first-order chi connectivity index (χ1) is 8.61. The Morgan fingerprint density at radius 2 is 2.39 bits per heavy atom. The van der Waals surface area contributed by atoms with E-state index in [2.05, 4.69) is 4.98 Å². The molecule has 18 heavy (non-hydrogen) atoms. The fourth-order valence-corrected chi connectivity index (χ4v) is 2.27. The van der Waals surface area contributed by atoms with Crippen LogP contribution in [0, 0.1) is 11.9 Å². The summed E-state index contributed by atoms with van der Waals surface area (Å²) in [6.07, 6.45) is 3.56. The van der Waals surface area contributed by atoms with Crippen molar-refractivity contribution in [3.05, 3.63) is 29.8 Å². The minimum absolute atomic E-state index is 0.171. The van der Waals surface area contributed by atoms with E-state index in [4.69, 9.17) is 0 Å². The number of aromatic nitrogens is 1. The van der Waals surface area contributed by atoms with Crippen molar-refractivity contribution in [1.82, 2.24) is 9.88 Å². The zero-order valence-electron chi connectivity index (χ0n) is 10.2. The van der Waals surface area contributed by atoms with Crippen LogP contribution in [0.2, 0.25) is 0 Å². The highest BCUT2D eigenvalue weighted by atomic mass is 19.1. The normalized spacial score (nSPS) is 19.3. The first-order valence-electron chi connectivity index (χ1n) is 6.08. The van der Waals surface area contributed by atoms with Crippen LogP contribution >= 0.6 is 0 Å². The Labute approximate surface area is 105 Å². The van der Waals surface area contributed by atoms with Gasteiger partial charge in [-0.15, -0.1) is 0 Å². The summed E-state index contributed by atoms with van der Waals surface area (Å²) in [4.78, 5) is 28.4. The van der Waals surface area contributed by atoms with E-state index >= 15 is 0 Å². The fourth-order valence-electron chi connectivity index (χ4n) is 2.27. The molecule has 1 unspecified atom stereocenters. The third-order valence-corrected chi connectivity index (χ3v) is 3.12. The van der Waals surface area contributed by atoms with Gasteiger partial charge >= 0.3 is 0 Å². The second kappa shape index (κ2) is 5.25. The SMILES string of the molecule is CCCC1CC(=O)N(C(=O)c2ccnc(F)c2)C1. The van der Waals surface area contributed by atoms with Gasteiger partial charge in [-0.3, -0.25) is 14.5 Å². The Balaban J connectivity index is 2.12. The fraction of sp³-hybridized carbons (Fsp3) is 0.462. The molecule has 0 radical (unpaired) electrons. The molecule has 1 aliphatic rings. The van der Waals surface area contributed by atoms with Gasteiger partial charge in [-0.25, -0.2) is 4.98 Å². The van der Waals surface area contributed by atoms with Crippen molar-refractivity contribution in [2.24, 2.45) is 5.92 Å². The van der Waals surface area contributed by atoms with Crippen molar-refractivity contribution >= 4 is 11.8 Å². The van der Waals surface area contributed by atoms with Crippen LogP contribution < -0.4 is 0 Å². The van der Waals surface area contributed by atoms with Gasteiger partial charge in [0.1, 0.15) is 0 Å². The minimum atomic E-state index is -0.711. The van der Waals surface area contributed by atoms with Crippen molar-refractivity contribution in [3.63, 3.8) is 0 Å². The van der Waals surface area contributed by atoms with Crippen molar-refractivity contribution in [3.8, 4) is 0 Å². The number of imide groups is 1. The maximum Gasteiger partial charge on any atom is 0.260 e. The van der Waals surface area contributed by atoms with E-state index in [9.17, 15) is 14.0 Å². The van der Waals surface area contributed by atoms with E-state index in [1.54, 1.807) is 0 Å². The number of carbonyl (C=O) groups excluding carboxylic acids is 2. The lowest BCUT2D eigenvalue weighted by molar-refractivity contribution is -0.125. The molecule has 1 fully saturated rings. The molecular formula is C13H15FN2O2. The highest BCUT2D eigenvalue weighted by molar-refractivity contribution is 6.05. The monoisotopic (exact) mass is 250 g/mol. The van der Waals surface area contributed by atoms with Crippen LogP contribution in [0.3, 0.4) is 0 Å². The van der Waals surface area contributed by atoms with Gasteiger partial charge in [0.05, 0.1) is 0 Å². The van der Waals surface area contributed by atoms with Crippen LogP contribution in [0.25, 0.3) is 0 Å². The molecule has 2 amide bonds. The van der Waals surface area contributed by atoms with E-state index in [1.165, 1.54) is 17.2 Å². The third-order valence-electron chi connectivity index (χ3n) is 3.12. The van der Waals surface area contributed by atoms with E-state index in [1.807, 2.05) is 6.92 Å². The lowest BCUT2D eigenvalue weighted by Gasteiger charge is -2.14. The Morgan fingerprint density at radius 3 is 3.06 bits per heavy atom. The molecular weight excluding hydrogens is 235 g/mol. The lowest BCUT2D eigenvalue weighted by Crippen LogP contribution is -2.32. The van der Waals surface area contributed by atoms with Gasteiger partial charge in [-0.2, -0.15) is 4.39 Å². The molecule has 1 atom stereocenters. The van der Waals surface area contributed by atoms with E-state index in [0.29, 0.717) is 13.0 Å². The zero-order valence-corrected chi connectivity index (χ0v) is 10.2. The maximum absolute atomic E-state index is 12.9. The van der Waals surface area contributed by atoms with Crippen molar-refractivity contribution < 1.29 is 14.0 Å². The number of carbonyl (C=O) groups is 2. The average Bonchev–Trinajstić information content (AvgIpc) is 2.70. The smallest absolute Gasteiger partial charge is 0.260 e. The molecule has 0 aliphatic carbocycles. The number of rotatable bonds is 3. The van der Waals surface area contributed by atoms with Gasteiger partial charge in [0, 0.05) is 30.8 Å². The van der Waals surface area contributed by atoms with E-state index in [-0.39, 0.29) is 17.4 Å². The standard InChI is InChI=1S/C13H15FN2O2/c1-2-3-9-6-12(17)16(8-9)13(18)10-4-5-15-11(14)7-10/h4-5,7,9H,2-3,6,8H2,1H3. The average molecular weight is 250 g/mol. The second-order valence-electron chi connectivity index (χ2n) is 4.54. The number of halogens is 1. The molecule has 1 aliphatic heterocycles. The number of nitrogens with zero attached hydrogens (tertiary/aromatic N) is 2. The summed E-state index contributed by atoms with van der Waals surface area (Å²) in [5.41, 5.74) is 0.174. The summed E-state index contributed by atoms with van der Waals surface area (Å²) in [5, 5.41) is 0. The van der Waals surface area contributed by atoms with Crippen LogP contribution in [0.5, 0.6) is 0 Å². The predicted molar refractivity (Wildman–Crippen MR) is 63.3 cm³/mol. The first-order valence-corrected chi connectivity index (χ1v) is 6.08. The van der Waals surface area contributed by atoms with Crippen molar-refractivity contribution in [2.75, 3.05) is 6.54 Å². The van der Waals surface area contributed by atoms with E-state index < -0.39 is 11.9 Å². The number of pyridine rings is 1. The van der Waals surface area contributed by atoms with E-state index in [0.717, 1.165) is 18.9 Å². The highest BCUT2D eigenvalue weighted by Gasteiger charge is 2.33. The molecule has 96 valence electrons. The number of amides is 2. The van der Waals surface area contributed by atoms with Gasteiger partial charge in [0.2, 0.25) is 11.9 Å². The molecule has 0 aromatic carbocycles. The summed E-state index contributed by atoms with van der Waals surface area (Å²) in [5.74, 6) is -1.08. The van der Waals surface area contributed by atoms with Gasteiger partial charge in [0.25, 0.3) is 5.91 Å².